The van der Waals surface area contributed by atoms with Crippen LogP contribution < -0.4 is 0 Å². The zero-order valence-corrected chi connectivity index (χ0v) is 15.9. The Kier molecular flexibility index (Phi) is 5.93. The summed E-state index contributed by atoms with van der Waals surface area (Å²) in [5, 5.41) is 13.7. The van der Waals surface area contributed by atoms with Crippen LogP contribution in [-0.2, 0) is 13.0 Å². The maximum absolute atomic E-state index is 11.9. The Hall–Kier alpha value is -3.35. The average molecular weight is 378 g/mol. The molecule has 7 nitrogen and oxygen atoms in total. The number of aryl methyl sites for hydroxylation is 1. The maximum atomic E-state index is 11.9. The van der Waals surface area contributed by atoms with E-state index < -0.39 is 5.97 Å². The molecule has 28 heavy (non-hydrogen) atoms. The molecule has 0 fully saturated rings. The second-order valence-corrected chi connectivity index (χ2v) is 6.45. The quantitative estimate of drug-likeness (QED) is 0.601. The van der Waals surface area contributed by atoms with Crippen LogP contribution in [0.15, 0.2) is 42.7 Å². The van der Waals surface area contributed by atoms with Crippen molar-refractivity contribution in [1.29, 1.82) is 0 Å². The van der Waals surface area contributed by atoms with Gasteiger partial charge >= 0.3 is 5.97 Å². The molecule has 1 aromatic carbocycles. The van der Waals surface area contributed by atoms with Gasteiger partial charge in [0.25, 0.3) is 0 Å². The molecule has 0 atom stereocenters. The third kappa shape index (κ3) is 4.14. The van der Waals surface area contributed by atoms with Crippen molar-refractivity contribution < 1.29 is 14.7 Å². The molecular formula is C21H22N4O3. The van der Waals surface area contributed by atoms with Gasteiger partial charge in [0.1, 0.15) is 5.82 Å². The molecule has 0 unspecified atom stereocenters. The lowest BCUT2D eigenvalue weighted by Crippen LogP contribution is -2.06. The van der Waals surface area contributed by atoms with E-state index >= 15 is 0 Å². The number of aromatic carboxylic acids is 1. The molecule has 0 spiro atoms. The van der Waals surface area contributed by atoms with E-state index in [9.17, 15) is 14.7 Å². The number of rotatable bonds is 8. The molecule has 144 valence electrons. The summed E-state index contributed by atoms with van der Waals surface area (Å²) in [6.45, 7) is 4.55. The molecule has 2 aromatic heterocycles. The molecule has 0 amide bonds. The number of ketones is 1. The number of benzene rings is 1. The highest BCUT2D eigenvalue weighted by Gasteiger charge is 2.16. The highest BCUT2D eigenvalue weighted by atomic mass is 16.4. The van der Waals surface area contributed by atoms with Crippen LogP contribution >= 0.6 is 0 Å². The van der Waals surface area contributed by atoms with Crippen molar-refractivity contribution in [3.63, 3.8) is 0 Å². The van der Waals surface area contributed by atoms with Gasteiger partial charge in [0.15, 0.2) is 0 Å². The first-order chi connectivity index (χ1) is 13.5. The summed E-state index contributed by atoms with van der Waals surface area (Å²) in [6.07, 6.45) is 4.75. The predicted molar refractivity (Wildman–Crippen MR) is 104 cm³/mol. The number of pyridine rings is 1. The number of hydrogen-bond acceptors (Lipinski definition) is 5. The van der Waals surface area contributed by atoms with Crippen LogP contribution in [0.1, 0.15) is 59.1 Å². The van der Waals surface area contributed by atoms with E-state index in [0.29, 0.717) is 24.9 Å². The lowest BCUT2D eigenvalue weighted by molar-refractivity contribution is 0.0697. The summed E-state index contributed by atoms with van der Waals surface area (Å²) < 4.78 is 1.79. The molecule has 1 N–H and O–H groups in total. The van der Waals surface area contributed by atoms with Gasteiger partial charge in [-0.3, -0.25) is 9.78 Å². The fourth-order valence-corrected chi connectivity index (χ4v) is 2.97. The van der Waals surface area contributed by atoms with E-state index in [2.05, 4.69) is 22.0 Å². The Bertz CT molecular complexity index is 993. The zero-order valence-electron chi connectivity index (χ0n) is 15.9. The fraction of sp³-hybridized carbons (Fsp3) is 0.286. The van der Waals surface area contributed by atoms with E-state index in [4.69, 9.17) is 0 Å². The zero-order chi connectivity index (χ0) is 20.1. The molecule has 3 rings (SSSR count). The van der Waals surface area contributed by atoms with E-state index in [1.54, 1.807) is 23.9 Å². The third-order valence-electron chi connectivity index (χ3n) is 4.43. The van der Waals surface area contributed by atoms with Gasteiger partial charge in [0.2, 0.25) is 11.6 Å². The molecule has 0 saturated carbocycles. The summed E-state index contributed by atoms with van der Waals surface area (Å²) in [5.41, 5.74) is 2.61. The van der Waals surface area contributed by atoms with Crippen molar-refractivity contribution >= 4 is 11.8 Å². The normalized spacial score (nSPS) is 10.8. The average Bonchev–Trinajstić information content (AvgIpc) is 3.10. The Morgan fingerprint density at radius 3 is 2.50 bits per heavy atom. The Morgan fingerprint density at radius 2 is 1.86 bits per heavy atom. The van der Waals surface area contributed by atoms with Crippen LogP contribution in [0.5, 0.6) is 0 Å². The summed E-state index contributed by atoms with van der Waals surface area (Å²) >= 11 is 0. The molecule has 0 radical (unpaired) electrons. The standard InChI is InChI=1S/C21H22N4O3/c1-3-11-25-19(23-20(24-25)18(26)4-2)12-14-5-7-15(8-6-14)16-9-10-22-13-17(16)21(27)28/h5-10,13H,3-4,11-12H2,1-2H3,(H,27,28). The Morgan fingerprint density at radius 1 is 1.11 bits per heavy atom. The van der Waals surface area contributed by atoms with Gasteiger partial charge in [-0.05, 0) is 29.2 Å². The van der Waals surface area contributed by atoms with E-state index in [0.717, 1.165) is 23.4 Å². The summed E-state index contributed by atoms with van der Waals surface area (Å²) in [4.78, 5) is 31.7. The van der Waals surface area contributed by atoms with E-state index in [1.165, 1.54) is 6.20 Å². The highest BCUT2D eigenvalue weighted by Crippen LogP contribution is 2.24. The lowest BCUT2D eigenvalue weighted by atomic mass is 10.00. The molecule has 0 saturated heterocycles. The number of Topliss-reactive ketones (excluding diaryl/α,β-unsaturated/α-hetero) is 1. The largest absolute Gasteiger partial charge is 0.478 e. The Labute approximate surface area is 163 Å². The molecule has 0 aliphatic rings. The minimum absolute atomic E-state index is 0.0645. The number of carbonyl (C=O) groups is 2. The molecule has 2 heterocycles. The van der Waals surface area contributed by atoms with Crippen molar-refractivity contribution in [2.45, 2.75) is 39.7 Å². The van der Waals surface area contributed by atoms with Crippen LogP contribution in [-0.4, -0.2) is 36.6 Å². The summed E-state index contributed by atoms with van der Waals surface area (Å²) in [5.74, 6) is -0.0507. The molecule has 7 heteroatoms. The number of carboxylic acids is 1. The smallest absolute Gasteiger partial charge is 0.337 e. The van der Waals surface area contributed by atoms with Crippen molar-refractivity contribution in [3.8, 4) is 11.1 Å². The number of hydrogen-bond donors (Lipinski definition) is 1. The molecule has 0 bridgehead atoms. The van der Waals surface area contributed by atoms with Crippen molar-refractivity contribution in [3.05, 3.63) is 65.5 Å². The second-order valence-electron chi connectivity index (χ2n) is 6.45. The number of nitrogens with zero attached hydrogens (tertiary/aromatic N) is 4. The first-order valence-corrected chi connectivity index (χ1v) is 9.27. The summed E-state index contributed by atoms with van der Waals surface area (Å²) in [7, 11) is 0. The van der Waals surface area contributed by atoms with Gasteiger partial charge in [-0.1, -0.05) is 38.1 Å². The number of aromatic nitrogens is 4. The van der Waals surface area contributed by atoms with Crippen LogP contribution in [0, 0.1) is 0 Å². The second kappa shape index (κ2) is 8.56. The van der Waals surface area contributed by atoms with Gasteiger partial charge < -0.3 is 5.11 Å². The van der Waals surface area contributed by atoms with Gasteiger partial charge in [0.05, 0.1) is 5.56 Å². The van der Waals surface area contributed by atoms with Gasteiger partial charge in [-0.15, -0.1) is 5.10 Å². The topological polar surface area (TPSA) is 98.0 Å². The van der Waals surface area contributed by atoms with E-state index in [-0.39, 0.29) is 17.2 Å². The fourth-order valence-electron chi connectivity index (χ4n) is 2.97. The SMILES string of the molecule is CCCn1nc(C(=O)CC)nc1Cc1ccc(-c2ccncc2C(=O)O)cc1. The third-order valence-corrected chi connectivity index (χ3v) is 4.43. The minimum Gasteiger partial charge on any atom is -0.478 e. The Balaban J connectivity index is 1.86. The first kappa shape index (κ1) is 19.4. The molecule has 0 aliphatic heterocycles. The van der Waals surface area contributed by atoms with Crippen molar-refractivity contribution in [2.75, 3.05) is 0 Å². The number of carboxylic acid groups (broad SMARTS) is 1. The van der Waals surface area contributed by atoms with Crippen molar-refractivity contribution in [1.82, 2.24) is 19.7 Å². The molecular weight excluding hydrogens is 356 g/mol. The predicted octanol–water partition coefficient (Wildman–Crippen LogP) is 3.63. The van der Waals surface area contributed by atoms with Gasteiger partial charge in [0, 0.05) is 31.8 Å². The molecule has 3 aromatic rings. The summed E-state index contributed by atoms with van der Waals surface area (Å²) in [6, 6.07) is 9.34. The monoisotopic (exact) mass is 378 g/mol. The molecule has 0 aliphatic carbocycles. The highest BCUT2D eigenvalue weighted by molar-refractivity contribution is 5.95. The van der Waals surface area contributed by atoms with Crippen LogP contribution in [0.3, 0.4) is 0 Å². The maximum Gasteiger partial charge on any atom is 0.337 e. The van der Waals surface area contributed by atoms with Crippen molar-refractivity contribution in [2.24, 2.45) is 0 Å². The van der Waals surface area contributed by atoms with Crippen LogP contribution in [0.25, 0.3) is 11.1 Å². The van der Waals surface area contributed by atoms with Crippen LogP contribution in [0.2, 0.25) is 0 Å². The van der Waals surface area contributed by atoms with Crippen LogP contribution in [0.4, 0.5) is 0 Å². The first-order valence-electron chi connectivity index (χ1n) is 9.27. The number of carbonyl (C=O) groups excluding carboxylic acids is 1. The van der Waals surface area contributed by atoms with Gasteiger partial charge in [-0.25, -0.2) is 14.5 Å². The lowest BCUT2D eigenvalue weighted by Gasteiger charge is -2.08. The van der Waals surface area contributed by atoms with Gasteiger partial charge in [-0.2, -0.15) is 0 Å². The van der Waals surface area contributed by atoms with E-state index in [1.807, 2.05) is 24.3 Å². The minimum atomic E-state index is -1.01.